The van der Waals surface area contributed by atoms with Crippen molar-refractivity contribution in [1.82, 2.24) is 10.2 Å². The lowest BCUT2D eigenvalue weighted by atomic mass is 10.4. The van der Waals surface area contributed by atoms with E-state index >= 15 is 0 Å². The Hall–Kier alpha value is -2.01. The molecule has 0 aliphatic heterocycles. The number of aryl methyl sites for hydroxylation is 1. The highest BCUT2D eigenvalue weighted by Gasteiger charge is 2.13. The second kappa shape index (κ2) is 5.02. The van der Waals surface area contributed by atoms with Gasteiger partial charge in [0.25, 0.3) is 5.91 Å². The van der Waals surface area contributed by atoms with Gasteiger partial charge in [-0.05, 0) is 6.92 Å². The molecular formula is C7H7N5O2S. The second-order valence-electron chi connectivity index (χ2n) is 2.31. The Labute approximate surface area is 89.4 Å². The maximum atomic E-state index is 11.3. The summed E-state index contributed by atoms with van der Waals surface area (Å²) >= 11 is 1.20. The first-order chi connectivity index (χ1) is 7.17. The largest absolute Gasteiger partial charge is 0.398 e. The standard InChI is InChI=1S/C7H7N5O2S/c1-4-10-11-7(15-4)9-6(13)5(3-8)12-14-2/h1-2H3,(H,9,11,13)/b12-5-. The van der Waals surface area contributed by atoms with E-state index < -0.39 is 5.91 Å². The van der Waals surface area contributed by atoms with Crippen LogP contribution in [0.1, 0.15) is 5.01 Å². The van der Waals surface area contributed by atoms with Gasteiger partial charge in [0, 0.05) is 0 Å². The van der Waals surface area contributed by atoms with Crippen molar-refractivity contribution in [3.63, 3.8) is 0 Å². The van der Waals surface area contributed by atoms with E-state index in [1.807, 2.05) is 0 Å². The van der Waals surface area contributed by atoms with Crippen molar-refractivity contribution >= 4 is 28.1 Å². The molecule has 0 saturated carbocycles. The number of nitrogens with one attached hydrogen (secondary N) is 1. The summed E-state index contributed by atoms with van der Waals surface area (Å²) in [6.07, 6.45) is 0. The molecule has 0 fully saturated rings. The molecule has 0 aliphatic rings. The number of hydrogen-bond donors (Lipinski definition) is 1. The van der Waals surface area contributed by atoms with Gasteiger partial charge in [0.2, 0.25) is 10.8 Å². The molecule has 1 amide bonds. The van der Waals surface area contributed by atoms with Crippen LogP contribution in [0.25, 0.3) is 0 Å². The number of amides is 1. The van der Waals surface area contributed by atoms with Gasteiger partial charge in [-0.25, -0.2) is 0 Å². The Bertz CT molecular complexity index is 433. The molecule has 0 bridgehead atoms. The summed E-state index contributed by atoms with van der Waals surface area (Å²) < 4.78 is 0. The Balaban J connectivity index is 2.71. The van der Waals surface area contributed by atoms with Crippen LogP contribution in [0.15, 0.2) is 5.16 Å². The smallest absolute Gasteiger partial charge is 0.290 e. The molecule has 0 saturated heterocycles. The molecular weight excluding hydrogens is 218 g/mol. The highest BCUT2D eigenvalue weighted by atomic mass is 32.1. The summed E-state index contributed by atoms with van der Waals surface area (Å²) in [6, 6.07) is 1.60. The molecule has 1 rings (SSSR count). The molecule has 1 N–H and O–H groups in total. The van der Waals surface area contributed by atoms with E-state index in [4.69, 9.17) is 5.26 Å². The minimum absolute atomic E-state index is 0.316. The van der Waals surface area contributed by atoms with Crippen molar-refractivity contribution in [3.05, 3.63) is 5.01 Å². The quantitative estimate of drug-likeness (QED) is 0.589. The van der Waals surface area contributed by atoms with Gasteiger partial charge >= 0.3 is 0 Å². The van der Waals surface area contributed by atoms with E-state index in [-0.39, 0.29) is 5.71 Å². The molecule has 0 aliphatic carbocycles. The van der Waals surface area contributed by atoms with Crippen molar-refractivity contribution in [2.45, 2.75) is 6.92 Å². The Morgan fingerprint density at radius 1 is 1.67 bits per heavy atom. The van der Waals surface area contributed by atoms with E-state index in [9.17, 15) is 4.79 Å². The molecule has 7 nitrogen and oxygen atoms in total. The van der Waals surface area contributed by atoms with Gasteiger partial charge in [0.15, 0.2) is 0 Å². The van der Waals surface area contributed by atoms with Crippen LogP contribution in [0, 0.1) is 18.3 Å². The molecule has 1 aromatic rings. The fourth-order valence-corrected chi connectivity index (χ4v) is 1.29. The molecule has 15 heavy (non-hydrogen) atoms. The maximum Gasteiger partial charge on any atom is 0.290 e. The van der Waals surface area contributed by atoms with E-state index in [1.54, 1.807) is 13.0 Å². The molecule has 0 aromatic carbocycles. The number of hydrogen-bond acceptors (Lipinski definition) is 7. The molecule has 8 heteroatoms. The summed E-state index contributed by atoms with van der Waals surface area (Å²) in [5, 5.41) is 22.6. The third-order valence-electron chi connectivity index (χ3n) is 1.25. The van der Waals surface area contributed by atoms with Gasteiger partial charge in [-0.15, -0.1) is 10.2 Å². The molecule has 1 heterocycles. The lowest BCUT2D eigenvalue weighted by molar-refractivity contribution is -0.110. The fraction of sp³-hybridized carbons (Fsp3) is 0.286. The van der Waals surface area contributed by atoms with Crippen molar-refractivity contribution in [3.8, 4) is 6.07 Å². The Morgan fingerprint density at radius 3 is 2.87 bits per heavy atom. The zero-order valence-corrected chi connectivity index (χ0v) is 8.83. The molecule has 0 radical (unpaired) electrons. The Kier molecular flexibility index (Phi) is 3.70. The minimum Gasteiger partial charge on any atom is -0.398 e. The predicted molar refractivity (Wildman–Crippen MR) is 53.3 cm³/mol. The van der Waals surface area contributed by atoms with Gasteiger partial charge in [0.05, 0.1) is 0 Å². The number of oxime groups is 1. The third kappa shape index (κ3) is 2.99. The number of carbonyl (C=O) groups is 1. The van der Waals surface area contributed by atoms with Gasteiger partial charge in [-0.3, -0.25) is 10.1 Å². The van der Waals surface area contributed by atoms with Gasteiger partial charge in [0.1, 0.15) is 18.2 Å². The molecule has 78 valence electrons. The summed E-state index contributed by atoms with van der Waals surface area (Å²) in [4.78, 5) is 15.7. The molecule has 0 unspecified atom stereocenters. The van der Waals surface area contributed by atoms with Crippen LogP contribution < -0.4 is 5.32 Å². The minimum atomic E-state index is -0.671. The van der Waals surface area contributed by atoms with Crippen LogP contribution in [0.3, 0.4) is 0 Å². The lowest BCUT2D eigenvalue weighted by Crippen LogP contribution is -2.21. The highest BCUT2D eigenvalue weighted by molar-refractivity contribution is 7.15. The number of aromatic nitrogens is 2. The van der Waals surface area contributed by atoms with Crippen LogP contribution in [-0.2, 0) is 9.63 Å². The van der Waals surface area contributed by atoms with E-state index in [0.29, 0.717) is 10.1 Å². The van der Waals surface area contributed by atoms with Crippen LogP contribution in [-0.4, -0.2) is 28.9 Å². The van der Waals surface area contributed by atoms with Crippen LogP contribution >= 0.6 is 11.3 Å². The maximum absolute atomic E-state index is 11.3. The average Bonchev–Trinajstić information content (AvgIpc) is 2.60. The van der Waals surface area contributed by atoms with Crippen LogP contribution in [0.2, 0.25) is 0 Å². The third-order valence-corrected chi connectivity index (χ3v) is 2.00. The van der Waals surface area contributed by atoms with Gasteiger partial charge < -0.3 is 4.84 Å². The van der Waals surface area contributed by atoms with Gasteiger partial charge in [-0.1, -0.05) is 16.5 Å². The van der Waals surface area contributed by atoms with Crippen molar-refractivity contribution < 1.29 is 9.63 Å². The normalized spacial score (nSPS) is 10.6. The molecule has 0 atom stereocenters. The average molecular weight is 225 g/mol. The Morgan fingerprint density at radius 2 is 2.40 bits per heavy atom. The number of nitrogens with zero attached hydrogens (tertiary/aromatic N) is 4. The highest BCUT2D eigenvalue weighted by Crippen LogP contribution is 2.13. The molecule has 0 spiro atoms. The zero-order valence-electron chi connectivity index (χ0n) is 8.01. The van der Waals surface area contributed by atoms with E-state index in [0.717, 1.165) is 0 Å². The summed E-state index contributed by atoms with van der Waals surface area (Å²) in [5.41, 5.74) is -0.370. The number of carbonyl (C=O) groups excluding carboxylic acids is 1. The zero-order chi connectivity index (χ0) is 11.3. The second-order valence-corrected chi connectivity index (χ2v) is 3.50. The SMILES string of the molecule is CO/N=C(/C#N)C(=O)Nc1nnc(C)s1. The number of nitriles is 1. The first kappa shape index (κ1) is 11.1. The first-order valence-corrected chi connectivity index (χ1v) is 4.61. The number of rotatable bonds is 3. The van der Waals surface area contributed by atoms with Crippen molar-refractivity contribution in [1.29, 1.82) is 5.26 Å². The number of anilines is 1. The van der Waals surface area contributed by atoms with Crippen LogP contribution in [0.4, 0.5) is 5.13 Å². The summed E-state index contributed by atoms with van der Waals surface area (Å²) in [7, 11) is 1.25. The predicted octanol–water partition coefficient (Wildman–Crippen LogP) is 0.311. The van der Waals surface area contributed by atoms with Crippen LogP contribution in [0.5, 0.6) is 0 Å². The summed E-state index contributed by atoms with van der Waals surface area (Å²) in [6.45, 7) is 1.75. The summed E-state index contributed by atoms with van der Waals surface area (Å²) in [5.74, 6) is -0.671. The lowest BCUT2D eigenvalue weighted by Gasteiger charge is -1.96. The van der Waals surface area contributed by atoms with Crippen molar-refractivity contribution in [2.75, 3.05) is 12.4 Å². The fourth-order valence-electron chi connectivity index (χ4n) is 0.707. The van der Waals surface area contributed by atoms with E-state index in [2.05, 4.69) is 25.5 Å². The monoisotopic (exact) mass is 225 g/mol. The van der Waals surface area contributed by atoms with Gasteiger partial charge in [-0.2, -0.15) is 5.26 Å². The van der Waals surface area contributed by atoms with Crippen molar-refractivity contribution in [2.24, 2.45) is 5.16 Å². The topological polar surface area (TPSA) is 100 Å². The van der Waals surface area contributed by atoms with E-state index in [1.165, 1.54) is 18.4 Å². The molecule has 1 aromatic heterocycles. The first-order valence-electron chi connectivity index (χ1n) is 3.80.